The number of hydrogen-bond donors (Lipinski definition) is 0. The molecule has 0 saturated heterocycles. The Morgan fingerprint density at radius 2 is 0.565 bits per heavy atom. The maximum atomic E-state index is 4.43. The smallest absolute Gasteiger partial charge is 0.101 e. The van der Waals surface area contributed by atoms with Gasteiger partial charge in [-0.15, -0.1) is 34.0 Å². The fourth-order valence-electron chi connectivity index (χ4n) is 10.7. The Kier molecular flexibility index (Phi) is 19.8. The van der Waals surface area contributed by atoms with Gasteiger partial charge in [0.25, 0.3) is 0 Å². The number of pyridine rings is 3. The van der Waals surface area contributed by atoms with E-state index in [0.717, 1.165) is 48.1 Å². The van der Waals surface area contributed by atoms with Crippen molar-refractivity contribution in [3.63, 3.8) is 0 Å². The van der Waals surface area contributed by atoms with Crippen molar-refractivity contribution in [3.8, 4) is 75.8 Å². The Labute approximate surface area is 566 Å². The van der Waals surface area contributed by atoms with Gasteiger partial charge >= 0.3 is 0 Å². The van der Waals surface area contributed by atoms with Crippen LogP contribution in [0.1, 0.15) is 10.4 Å². The van der Waals surface area contributed by atoms with E-state index >= 15 is 0 Å². The quantitative estimate of drug-likeness (QED) is 0.102. The van der Waals surface area contributed by atoms with Crippen LogP contribution in [0, 0.1) is 0 Å². The first-order valence-corrected chi connectivity index (χ1v) is 34.1. The Morgan fingerprint density at radius 1 is 0.250 bits per heavy atom. The minimum Gasteiger partial charge on any atom is -0.300 e. The number of benzene rings is 9. The SMILES string of the molecule is Brc1ccc(-c2ccc(-c3ccc(Br)cc3)cc2)cc1.c1ccc(-c2ccc(Cc3cccnc3)s2)cc1.c1ccc(-c2ccc(N(c3ccc(-c4ccc(-c5ccc(N(c6cccnc6)c6ccc(-c7ccccc7)s6)cc5)cc4)cc3)c3cccnc3)s2)cc1. The standard InChI is InChI=1S/C48H34N4S2.C18H12Br2.C16H13NS/c1-3-9-39(10-4-1)45-27-29-47(53-45)51(43-13-7-31-49-33-43)41-23-19-37(20-24-41)35-15-17-36(18-16-35)38-21-25-42(26-22-38)52(44-14-8-32-50-34-44)48-30-28-46(54-48)40-11-5-2-6-12-40;19-17-9-5-15(6-10-17)13-1-2-14(4-3-13)16-7-11-18(20)12-8-16;1-2-6-14(7-3-1)16-9-8-15(18-16)11-13-5-4-10-17-12-13/h1-34H;1-12H;1-10,12H,11H2. The third-order valence-corrected chi connectivity index (χ3v) is 19.8. The Morgan fingerprint density at radius 3 is 0.902 bits per heavy atom. The highest BCUT2D eigenvalue weighted by molar-refractivity contribution is 9.10. The van der Waals surface area contributed by atoms with Crippen molar-refractivity contribution in [3.05, 3.63) is 366 Å². The Balaban J connectivity index is 0.000000164. The highest BCUT2D eigenvalue weighted by Crippen LogP contribution is 2.44. The third-order valence-electron chi connectivity index (χ3n) is 15.4. The van der Waals surface area contributed by atoms with E-state index in [0.29, 0.717) is 0 Å². The van der Waals surface area contributed by atoms with E-state index in [9.17, 15) is 0 Å². The van der Waals surface area contributed by atoms with Gasteiger partial charge in [0, 0.05) is 71.0 Å². The maximum absolute atomic E-state index is 4.43. The van der Waals surface area contributed by atoms with Crippen LogP contribution in [0.15, 0.2) is 356 Å². The number of nitrogens with zero attached hydrogens (tertiary/aromatic N) is 5. The molecule has 0 amide bonds. The molecule has 0 atom stereocenters. The van der Waals surface area contributed by atoms with Crippen molar-refractivity contribution in [1.29, 1.82) is 0 Å². The summed E-state index contributed by atoms with van der Waals surface area (Å²) in [4.78, 5) is 22.7. The number of anilines is 6. The number of aromatic nitrogens is 3. The lowest BCUT2D eigenvalue weighted by atomic mass is 10.00. The fourth-order valence-corrected chi connectivity index (χ4v) is 14.4. The average molecular weight is 1370 g/mol. The molecule has 0 unspecified atom stereocenters. The van der Waals surface area contributed by atoms with Gasteiger partial charge in [0.05, 0.1) is 23.8 Å². The number of halogens is 2. The van der Waals surface area contributed by atoms with Gasteiger partial charge in [-0.2, -0.15) is 0 Å². The molecule has 6 heterocycles. The molecular formula is C82H59Br2N5S3. The van der Waals surface area contributed by atoms with Crippen LogP contribution in [0.2, 0.25) is 0 Å². The van der Waals surface area contributed by atoms with Crippen LogP contribution in [0.4, 0.5) is 32.8 Å². The Bertz CT molecular complexity index is 4480. The van der Waals surface area contributed by atoms with E-state index in [1.165, 1.54) is 86.3 Å². The first-order valence-electron chi connectivity index (χ1n) is 30.1. The van der Waals surface area contributed by atoms with Gasteiger partial charge in [-0.1, -0.05) is 226 Å². The number of rotatable bonds is 15. The first-order chi connectivity index (χ1) is 45.4. The minimum absolute atomic E-state index is 0.964. The van der Waals surface area contributed by atoms with Gasteiger partial charge in [0.2, 0.25) is 0 Å². The van der Waals surface area contributed by atoms with Crippen LogP contribution >= 0.6 is 65.9 Å². The number of thiophene rings is 3. The summed E-state index contributed by atoms with van der Waals surface area (Å²) >= 11 is 12.3. The lowest BCUT2D eigenvalue weighted by molar-refractivity contribution is 1.17. The summed E-state index contributed by atoms with van der Waals surface area (Å²) in [5.41, 5.74) is 18.8. The summed E-state index contributed by atoms with van der Waals surface area (Å²) in [5, 5.41) is 2.28. The summed E-state index contributed by atoms with van der Waals surface area (Å²) in [6.45, 7) is 0. The molecule has 6 aromatic heterocycles. The molecule has 0 fully saturated rings. The maximum Gasteiger partial charge on any atom is 0.101 e. The summed E-state index contributed by atoms with van der Waals surface area (Å²) in [7, 11) is 0. The van der Waals surface area contributed by atoms with Crippen LogP contribution in [-0.4, -0.2) is 15.0 Å². The van der Waals surface area contributed by atoms with Crippen LogP contribution < -0.4 is 9.80 Å². The molecule has 0 spiro atoms. The molecule has 15 aromatic rings. The summed E-state index contributed by atoms with van der Waals surface area (Å²) < 4.78 is 2.21. The molecule has 0 radical (unpaired) electrons. The van der Waals surface area contributed by atoms with Gasteiger partial charge in [-0.25, -0.2) is 0 Å². The third kappa shape index (κ3) is 15.3. The normalized spacial score (nSPS) is 10.8. The molecule has 0 aliphatic heterocycles. The highest BCUT2D eigenvalue weighted by Gasteiger charge is 2.18. The monoisotopic (exact) mass is 1370 g/mol. The first kappa shape index (κ1) is 61.0. The molecule has 10 heteroatoms. The molecule has 15 rings (SSSR count). The lowest BCUT2D eigenvalue weighted by Gasteiger charge is -2.23. The molecule has 0 aliphatic carbocycles. The van der Waals surface area contributed by atoms with Crippen LogP contribution in [0.25, 0.3) is 75.8 Å². The summed E-state index contributed by atoms with van der Waals surface area (Å²) in [6, 6.07) is 109. The minimum atomic E-state index is 0.964. The van der Waals surface area contributed by atoms with Crippen LogP contribution in [0.5, 0.6) is 0 Å². The van der Waals surface area contributed by atoms with Crippen molar-refractivity contribution in [2.24, 2.45) is 0 Å². The van der Waals surface area contributed by atoms with Crippen LogP contribution in [-0.2, 0) is 6.42 Å². The van der Waals surface area contributed by atoms with E-state index in [1.54, 1.807) is 22.7 Å². The van der Waals surface area contributed by atoms with Gasteiger partial charge in [-0.3, -0.25) is 15.0 Å². The molecule has 0 aliphatic rings. The van der Waals surface area contributed by atoms with E-state index in [-0.39, 0.29) is 0 Å². The van der Waals surface area contributed by atoms with Gasteiger partial charge < -0.3 is 9.80 Å². The molecule has 92 heavy (non-hydrogen) atoms. The predicted octanol–water partition coefficient (Wildman–Crippen LogP) is 25.2. The number of hydrogen-bond acceptors (Lipinski definition) is 8. The lowest BCUT2D eigenvalue weighted by Crippen LogP contribution is -2.08. The summed E-state index contributed by atoms with van der Waals surface area (Å²) in [6.07, 6.45) is 12.2. The highest BCUT2D eigenvalue weighted by atomic mass is 79.9. The zero-order chi connectivity index (χ0) is 62.3. The second kappa shape index (κ2) is 29.8. The van der Waals surface area contributed by atoms with Gasteiger partial charge in [0.1, 0.15) is 10.0 Å². The zero-order valence-corrected chi connectivity index (χ0v) is 55.5. The molecule has 444 valence electrons. The fraction of sp³-hybridized carbons (Fsp3) is 0.0122. The average Bonchev–Trinajstić information content (AvgIpc) is 3.22. The Hall–Kier alpha value is -9.91. The van der Waals surface area contributed by atoms with E-state index in [1.807, 2.05) is 72.8 Å². The second-order valence-electron chi connectivity index (χ2n) is 21.5. The summed E-state index contributed by atoms with van der Waals surface area (Å²) in [5.74, 6) is 0. The molecule has 0 bridgehead atoms. The van der Waals surface area contributed by atoms with Crippen molar-refractivity contribution >= 4 is 98.6 Å². The molecule has 0 N–H and O–H groups in total. The molecule has 5 nitrogen and oxygen atoms in total. The van der Waals surface area contributed by atoms with E-state index < -0.39 is 0 Å². The van der Waals surface area contributed by atoms with Crippen molar-refractivity contribution in [2.75, 3.05) is 9.80 Å². The molecule has 9 aromatic carbocycles. The topological polar surface area (TPSA) is 45.2 Å². The zero-order valence-electron chi connectivity index (χ0n) is 49.8. The van der Waals surface area contributed by atoms with Gasteiger partial charge in [0.15, 0.2) is 0 Å². The van der Waals surface area contributed by atoms with Crippen LogP contribution in [0.3, 0.4) is 0 Å². The van der Waals surface area contributed by atoms with Crippen molar-refractivity contribution < 1.29 is 0 Å². The van der Waals surface area contributed by atoms with E-state index in [4.69, 9.17) is 0 Å². The van der Waals surface area contributed by atoms with Crippen molar-refractivity contribution in [2.45, 2.75) is 6.42 Å². The second-order valence-corrected chi connectivity index (χ2v) is 26.7. The predicted molar refractivity (Wildman–Crippen MR) is 398 cm³/mol. The molecule has 0 saturated carbocycles. The molecular weight excluding hydrogens is 1310 g/mol. The van der Waals surface area contributed by atoms with Crippen molar-refractivity contribution in [1.82, 2.24) is 15.0 Å². The largest absolute Gasteiger partial charge is 0.300 e. The van der Waals surface area contributed by atoms with Gasteiger partial charge in [-0.05, 0) is 182 Å². The van der Waals surface area contributed by atoms with E-state index in [2.05, 4.69) is 342 Å².